The van der Waals surface area contributed by atoms with E-state index < -0.39 is 5.97 Å². The standard InChI is InChI=1S/C14H12O3/c1-10(14(15)16-2)17-13-8-7-11-5-3-4-6-12(11)9-13/h3-9H,1H2,2H3. The molecule has 0 spiro atoms. The van der Waals surface area contributed by atoms with Crippen LogP contribution >= 0.6 is 0 Å². The number of fused-ring (bicyclic) bond motifs is 1. The number of benzene rings is 2. The fourth-order valence-corrected chi connectivity index (χ4v) is 1.53. The van der Waals surface area contributed by atoms with Gasteiger partial charge < -0.3 is 9.47 Å². The molecule has 2 rings (SSSR count). The third-order valence-corrected chi connectivity index (χ3v) is 2.38. The summed E-state index contributed by atoms with van der Waals surface area (Å²) < 4.78 is 9.81. The van der Waals surface area contributed by atoms with Crippen LogP contribution in [-0.4, -0.2) is 13.1 Å². The zero-order valence-corrected chi connectivity index (χ0v) is 9.47. The number of methoxy groups -OCH3 is 1. The second-order valence-electron chi connectivity index (χ2n) is 3.53. The van der Waals surface area contributed by atoms with Crippen molar-refractivity contribution < 1.29 is 14.3 Å². The minimum Gasteiger partial charge on any atom is -0.463 e. The second kappa shape index (κ2) is 4.70. The quantitative estimate of drug-likeness (QED) is 0.460. The van der Waals surface area contributed by atoms with E-state index in [0.717, 1.165) is 10.8 Å². The lowest BCUT2D eigenvalue weighted by atomic mass is 10.1. The summed E-state index contributed by atoms with van der Waals surface area (Å²) in [5, 5.41) is 2.16. The zero-order chi connectivity index (χ0) is 12.3. The summed E-state index contributed by atoms with van der Waals surface area (Å²) in [7, 11) is 1.29. The fourth-order valence-electron chi connectivity index (χ4n) is 1.53. The Kier molecular flexibility index (Phi) is 3.10. The van der Waals surface area contributed by atoms with Crippen molar-refractivity contribution in [1.29, 1.82) is 0 Å². The highest BCUT2D eigenvalue weighted by Gasteiger charge is 2.09. The van der Waals surface area contributed by atoms with Crippen LogP contribution in [0.1, 0.15) is 0 Å². The van der Waals surface area contributed by atoms with Gasteiger partial charge in [-0.2, -0.15) is 0 Å². The van der Waals surface area contributed by atoms with Crippen molar-refractivity contribution in [2.45, 2.75) is 0 Å². The van der Waals surface area contributed by atoms with Gasteiger partial charge in [-0.3, -0.25) is 0 Å². The summed E-state index contributed by atoms with van der Waals surface area (Å²) in [5.74, 6) is -0.0277. The van der Waals surface area contributed by atoms with E-state index in [4.69, 9.17) is 4.74 Å². The van der Waals surface area contributed by atoms with Crippen LogP contribution < -0.4 is 4.74 Å². The Labute approximate surface area is 99.3 Å². The fraction of sp³-hybridized carbons (Fsp3) is 0.0714. The Morgan fingerprint density at radius 2 is 1.82 bits per heavy atom. The van der Waals surface area contributed by atoms with Crippen molar-refractivity contribution in [2.75, 3.05) is 7.11 Å². The Balaban J connectivity index is 2.25. The number of esters is 1. The molecule has 0 aliphatic heterocycles. The first-order chi connectivity index (χ1) is 8.20. The molecule has 0 saturated heterocycles. The van der Waals surface area contributed by atoms with Gasteiger partial charge in [0.1, 0.15) is 5.75 Å². The van der Waals surface area contributed by atoms with Gasteiger partial charge in [0.2, 0.25) is 5.76 Å². The van der Waals surface area contributed by atoms with Crippen LogP contribution in [-0.2, 0) is 9.53 Å². The van der Waals surface area contributed by atoms with Crippen LogP contribution in [0, 0.1) is 0 Å². The topological polar surface area (TPSA) is 35.5 Å². The first kappa shape index (κ1) is 11.2. The highest BCUT2D eigenvalue weighted by molar-refractivity contribution is 5.87. The monoisotopic (exact) mass is 228 g/mol. The van der Waals surface area contributed by atoms with Gasteiger partial charge in [0, 0.05) is 0 Å². The van der Waals surface area contributed by atoms with Gasteiger partial charge in [0.25, 0.3) is 0 Å². The van der Waals surface area contributed by atoms with Crippen molar-refractivity contribution in [3.05, 3.63) is 54.8 Å². The van der Waals surface area contributed by atoms with Gasteiger partial charge in [-0.25, -0.2) is 4.79 Å². The smallest absolute Gasteiger partial charge is 0.373 e. The van der Waals surface area contributed by atoms with Crippen molar-refractivity contribution in [1.82, 2.24) is 0 Å². The van der Waals surface area contributed by atoms with Crippen molar-refractivity contribution in [3.63, 3.8) is 0 Å². The van der Waals surface area contributed by atoms with Crippen LogP contribution in [0.4, 0.5) is 0 Å². The van der Waals surface area contributed by atoms with Gasteiger partial charge in [0.05, 0.1) is 7.11 Å². The molecule has 0 bridgehead atoms. The lowest BCUT2D eigenvalue weighted by Crippen LogP contribution is -2.09. The Bertz CT molecular complexity index is 572. The summed E-state index contributed by atoms with van der Waals surface area (Å²) in [6.07, 6.45) is 0. The molecule has 86 valence electrons. The van der Waals surface area contributed by atoms with Crippen LogP contribution in [0.5, 0.6) is 5.75 Å². The first-order valence-corrected chi connectivity index (χ1v) is 5.14. The highest BCUT2D eigenvalue weighted by Crippen LogP contribution is 2.21. The summed E-state index contributed by atoms with van der Waals surface area (Å²) in [6, 6.07) is 13.5. The van der Waals surface area contributed by atoms with Crippen LogP contribution in [0.15, 0.2) is 54.8 Å². The summed E-state index contributed by atoms with van der Waals surface area (Å²) in [5.41, 5.74) is 0. The molecule has 0 atom stereocenters. The van der Waals surface area contributed by atoms with Crippen LogP contribution in [0.2, 0.25) is 0 Å². The number of ether oxygens (including phenoxy) is 2. The van der Waals surface area contributed by atoms with E-state index in [2.05, 4.69) is 11.3 Å². The molecular formula is C14H12O3. The number of carbonyl (C=O) groups is 1. The number of hydrogen-bond donors (Lipinski definition) is 0. The lowest BCUT2D eigenvalue weighted by Gasteiger charge is -2.07. The van der Waals surface area contributed by atoms with Crippen molar-refractivity contribution in [2.24, 2.45) is 0 Å². The lowest BCUT2D eigenvalue weighted by molar-refractivity contribution is -0.138. The molecule has 3 nitrogen and oxygen atoms in total. The molecule has 2 aromatic carbocycles. The maximum Gasteiger partial charge on any atom is 0.373 e. The molecule has 0 unspecified atom stereocenters. The predicted octanol–water partition coefficient (Wildman–Crippen LogP) is 2.91. The van der Waals surface area contributed by atoms with Crippen LogP contribution in [0.25, 0.3) is 10.8 Å². The molecule has 0 saturated carbocycles. The van der Waals surface area contributed by atoms with E-state index in [-0.39, 0.29) is 5.76 Å². The Hall–Kier alpha value is -2.29. The van der Waals surface area contributed by atoms with Crippen LogP contribution in [0.3, 0.4) is 0 Å². The Morgan fingerprint density at radius 1 is 1.12 bits per heavy atom. The van der Waals surface area contributed by atoms with E-state index in [1.54, 1.807) is 6.07 Å². The van der Waals surface area contributed by atoms with Gasteiger partial charge in [0.15, 0.2) is 0 Å². The molecule has 3 heteroatoms. The molecule has 0 aromatic heterocycles. The molecule has 0 aliphatic rings. The zero-order valence-electron chi connectivity index (χ0n) is 9.47. The molecule has 0 fully saturated rings. The molecule has 0 radical (unpaired) electrons. The number of hydrogen-bond acceptors (Lipinski definition) is 3. The average Bonchev–Trinajstić information content (AvgIpc) is 2.37. The minimum absolute atomic E-state index is 0.0252. The summed E-state index contributed by atoms with van der Waals surface area (Å²) >= 11 is 0. The normalized spacial score (nSPS) is 9.94. The third kappa shape index (κ3) is 2.45. The van der Waals surface area contributed by atoms with Crippen molar-refractivity contribution >= 4 is 16.7 Å². The molecule has 2 aromatic rings. The molecule has 0 heterocycles. The molecular weight excluding hydrogens is 216 g/mol. The summed E-state index contributed by atoms with van der Waals surface area (Å²) in [6.45, 7) is 3.50. The maximum absolute atomic E-state index is 11.1. The minimum atomic E-state index is -0.571. The van der Waals surface area contributed by atoms with E-state index in [9.17, 15) is 4.79 Å². The first-order valence-electron chi connectivity index (χ1n) is 5.14. The van der Waals surface area contributed by atoms with E-state index in [1.165, 1.54) is 7.11 Å². The SMILES string of the molecule is C=C(Oc1ccc2ccccc2c1)C(=O)OC. The maximum atomic E-state index is 11.1. The molecule has 17 heavy (non-hydrogen) atoms. The second-order valence-corrected chi connectivity index (χ2v) is 3.53. The van der Waals surface area contributed by atoms with Gasteiger partial charge in [-0.15, -0.1) is 0 Å². The van der Waals surface area contributed by atoms with Crippen molar-refractivity contribution in [3.8, 4) is 5.75 Å². The van der Waals surface area contributed by atoms with Gasteiger partial charge in [-0.05, 0) is 29.5 Å². The van der Waals surface area contributed by atoms with Gasteiger partial charge >= 0.3 is 5.97 Å². The molecule has 0 aliphatic carbocycles. The van der Waals surface area contributed by atoms with Gasteiger partial charge in [-0.1, -0.05) is 30.3 Å². The predicted molar refractivity (Wildman–Crippen MR) is 65.7 cm³/mol. The largest absolute Gasteiger partial charge is 0.463 e. The van der Waals surface area contributed by atoms with E-state index >= 15 is 0 Å². The number of rotatable bonds is 3. The Morgan fingerprint density at radius 3 is 2.53 bits per heavy atom. The molecule has 0 N–H and O–H groups in total. The average molecular weight is 228 g/mol. The highest BCUT2D eigenvalue weighted by atomic mass is 16.6. The number of carbonyl (C=O) groups excluding carboxylic acids is 1. The third-order valence-electron chi connectivity index (χ3n) is 2.38. The summed E-state index contributed by atoms with van der Waals surface area (Å²) in [4.78, 5) is 11.1. The van der Waals surface area contributed by atoms with E-state index in [1.807, 2.05) is 36.4 Å². The van der Waals surface area contributed by atoms with E-state index in [0.29, 0.717) is 5.75 Å². The molecule has 0 amide bonds.